The van der Waals surface area contributed by atoms with Crippen molar-refractivity contribution in [1.82, 2.24) is 0 Å². The van der Waals surface area contributed by atoms with Gasteiger partial charge in [0.2, 0.25) is 0 Å². The predicted molar refractivity (Wildman–Crippen MR) is 78.4 cm³/mol. The second-order valence-electron chi connectivity index (χ2n) is 4.13. The van der Waals surface area contributed by atoms with E-state index < -0.39 is 0 Å². The predicted octanol–water partition coefficient (Wildman–Crippen LogP) is 4.68. The molecule has 0 fully saturated rings. The molecular formula is C14H21ClOS. The SMILES string of the molecule is CCc1ccc(OCCCCCC(S)Cl)cc1. The fourth-order valence-electron chi connectivity index (χ4n) is 1.60. The zero-order valence-corrected chi connectivity index (χ0v) is 12.0. The lowest BCUT2D eigenvalue weighted by Gasteiger charge is -2.07. The maximum absolute atomic E-state index is 5.75. The van der Waals surface area contributed by atoms with Crippen LogP contribution in [-0.4, -0.2) is 11.3 Å². The van der Waals surface area contributed by atoms with Gasteiger partial charge >= 0.3 is 0 Å². The van der Waals surface area contributed by atoms with E-state index in [1.807, 2.05) is 12.1 Å². The number of rotatable bonds is 8. The van der Waals surface area contributed by atoms with E-state index in [0.717, 1.165) is 44.5 Å². The molecule has 17 heavy (non-hydrogen) atoms. The summed E-state index contributed by atoms with van der Waals surface area (Å²) in [5, 5.41) is 0. The average Bonchev–Trinajstić information content (AvgIpc) is 2.34. The Labute approximate surface area is 115 Å². The van der Waals surface area contributed by atoms with Gasteiger partial charge in [-0.15, -0.1) is 11.6 Å². The first-order valence-corrected chi connectivity index (χ1v) is 7.21. The summed E-state index contributed by atoms with van der Waals surface area (Å²) in [6.45, 7) is 2.94. The minimum absolute atomic E-state index is 0.00231. The molecule has 0 heterocycles. The number of ether oxygens (including phenoxy) is 1. The monoisotopic (exact) mass is 272 g/mol. The molecular weight excluding hydrogens is 252 g/mol. The molecule has 3 heteroatoms. The molecule has 0 saturated heterocycles. The van der Waals surface area contributed by atoms with Crippen LogP contribution in [0.15, 0.2) is 24.3 Å². The lowest BCUT2D eigenvalue weighted by Crippen LogP contribution is -1.98. The van der Waals surface area contributed by atoms with E-state index in [0.29, 0.717) is 0 Å². The molecule has 0 bridgehead atoms. The molecule has 0 aliphatic heterocycles. The lowest BCUT2D eigenvalue weighted by atomic mass is 10.2. The van der Waals surface area contributed by atoms with Crippen molar-refractivity contribution in [1.29, 1.82) is 0 Å². The highest BCUT2D eigenvalue weighted by molar-refractivity contribution is 7.82. The molecule has 0 aliphatic rings. The summed E-state index contributed by atoms with van der Waals surface area (Å²) >= 11 is 9.88. The normalized spacial score (nSPS) is 12.4. The van der Waals surface area contributed by atoms with Gasteiger partial charge in [0, 0.05) is 0 Å². The first-order valence-electron chi connectivity index (χ1n) is 6.26. The summed E-state index contributed by atoms with van der Waals surface area (Å²) in [6, 6.07) is 8.32. The number of thiol groups is 1. The lowest BCUT2D eigenvalue weighted by molar-refractivity contribution is 0.305. The van der Waals surface area contributed by atoms with Gasteiger partial charge in [0.25, 0.3) is 0 Å². The zero-order valence-electron chi connectivity index (χ0n) is 10.4. The Kier molecular flexibility index (Phi) is 7.54. The van der Waals surface area contributed by atoms with E-state index in [-0.39, 0.29) is 4.71 Å². The molecule has 0 aliphatic carbocycles. The van der Waals surface area contributed by atoms with Crippen LogP contribution in [0.2, 0.25) is 0 Å². The first-order chi connectivity index (χ1) is 8.22. The van der Waals surface area contributed by atoms with E-state index in [1.165, 1.54) is 5.56 Å². The number of halogens is 1. The Bertz CT molecular complexity index is 298. The van der Waals surface area contributed by atoms with Crippen LogP contribution in [0.4, 0.5) is 0 Å². The average molecular weight is 273 g/mol. The van der Waals surface area contributed by atoms with Crippen molar-refractivity contribution in [2.24, 2.45) is 0 Å². The molecule has 0 N–H and O–H groups in total. The van der Waals surface area contributed by atoms with Crippen molar-refractivity contribution in [3.8, 4) is 5.75 Å². The summed E-state index contributed by atoms with van der Waals surface area (Å²) in [4.78, 5) is 0. The molecule has 96 valence electrons. The van der Waals surface area contributed by atoms with Gasteiger partial charge in [-0.25, -0.2) is 0 Å². The number of benzene rings is 1. The van der Waals surface area contributed by atoms with Crippen LogP contribution < -0.4 is 4.74 Å². The highest BCUT2D eigenvalue weighted by Crippen LogP contribution is 2.14. The molecule has 1 nitrogen and oxygen atoms in total. The Morgan fingerprint density at radius 1 is 1.18 bits per heavy atom. The first kappa shape index (κ1) is 14.7. The number of hydrogen-bond acceptors (Lipinski definition) is 2. The Morgan fingerprint density at radius 3 is 2.47 bits per heavy atom. The minimum atomic E-state index is -0.00231. The van der Waals surface area contributed by atoms with Gasteiger partial charge in [-0.1, -0.05) is 25.5 Å². The molecule has 0 spiro atoms. The van der Waals surface area contributed by atoms with Crippen molar-refractivity contribution in [2.45, 2.75) is 43.7 Å². The second kappa shape index (κ2) is 8.71. The summed E-state index contributed by atoms with van der Waals surface area (Å²) in [6.07, 6.45) is 5.39. The summed E-state index contributed by atoms with van der Waals surface area (Å²) < 4.78 is 5.66. The third kappa shape index (κ3) is 6.85. The van der Waals surface area contributed by atoms with E-state index in [4.69, 9.17) is 16.3 Å². The van der Waals surface area contributed by atoms with Crippen LogP contribution in [-0.2, 0) is 6.42 Å². The van der Waals surface area contributed by atoms with E-state index in [2.05, 4.69) is 31.7 Å². The molecule has 1 aromatic rings. The van der Waals surface area contributed by atoms with Crippen LogP contribution in [0.25, 0.3) is 0 Å². The van der Waals surface area contributed by atoms with Crippen molar-refractivity contribution in [2.75, 3.05) is 6.61 Å². The fourth-order valence-corrected chi connectivity index (χ4v) is 1.94. The van der Waals surface area contributed by atoms with Crippen LogP contribution in [0.1, 0.15) is 38.2 Å². The van der Waals surface area contributed by atoms with Gasteiger partial charge in [0.05, 0.1) is 11.3 Å². The maximum Gasteiger partial charge on any atom is 0.119 e. The van der Waals surface area contributed by atoms with Crippen LogP contribution in [0.3, 0.4) is 0 Å². The Hall–Kier alpha value is -0.340. The van der Waals surface area contributed by atoms with Crippen molar-refractivity contribution >= 4 is 24.2 Å². The van der Waals surface area contributed by atoms with Crippen molar-refractivity contribution < 1.29 is 4.74 Å². The molecule has 0 amide bonds. The standard InChI is InChI=1S/C14H21ClOS/c1-2-12-7-9-13(10-8-12)16-11-5-3-4-6-14(15)17/h7-10,14,17H,2-6,11H2,1H3. The van der Waals surface area contributed by atoms with Crippen molar-refractivity contribution in [3.63, 3.8) is 0 Å². The number of aryl methyl sites for hydroxylation is 1. The number of hydrogen-bond donors (Lipinski definition) is 1. The van der Waals surface area contributed by atoms with Gasteiger partial charge in [0.1, 0.15) is 5.75 Å². The van der Waals surface area contributed by atoms with Crippen LogP contribution >= 0.6 is 24.2 Å². The quantitative estimate of drug-likeness (QED) is 0.411. The summed E-state index contributed by atoms with van der Waals surface area (Å²) in [5.74, 6) is 0.964. The third-order valence-corrected chi connectivity index (χ3v) is 3.16. The van der Waals surface area contributed by atoms with Gasteiger partial charge in [-0.3, -0.25) is 0 Å². The number of alkyl halides is 1. The molecule has 1 unspecified atom stereocenters. The smallest absolute Gasteiger partial charge is 0.119 e. The molecule has 0 radical (unpaired) electrons. The highest BCUT2D eigenvalue weighted by Gasteiger charge is 1.97. The van der Waals surface area contributed by atoms with Crippen LogP contribution in [0.5, 0.6) is 5.75 Å². The second-order valence-corrected chi connectivity index (χ2v) is 5.58. The van der Waals surface area contributed by atoms with E-state index >= 15 is 0 Å². The van der Waals surface area contributed by atoms with Crippen molar-refractivity contribution in [3.05, 3.63) is 29.8 Å². The maximum atomic E-state index is 5.75. The summed E-state index contributed by atoms with van der Waals surface area (Å²) in [7, 11) is 0. The molecule has 0 aromatic heterocycles. The zero-order chi connectivity index (χ0) is 12.5. The highest BCUT2D eigenvalue weighted by atomic mass is 35.5. The Balaban J connectivity index is 2.09. The van der Waals surface area contributed by atoms with Gasteiger partial charge in [0.15, 0.2) is 0 Å². The molecule has 1 atom stereocenters. The van der Waals surface area contributed by atoms with E-state index in [1.54, 1.807) is 0 Å². The minimum Gasteiger partial charge on any atom is -0.494 e. The van der Waals surface area contributed by atoms with E-state index in [9.17, 15) is 0 Å². The molecule has 1 rings (SSSR count). The van der Waals surface area contributed by atoms with Gasteiger partial charge in [-0.05, 0) is 43.4 Å². The van der Waals surface area contributed by atoms with Gasteiger partial charge in [-0.2, -0.15) is 12.6 Å². The summed E-state index contributed by atoms with van der Waals surface area (Å²) in [5.41, 5.74) is 1.35. The number of unbranched alkanes of at least 4 members (excludes halogenated alkanes) is 2. The third-order valence-electron chi connectivity index (χ3n) is 2.69. The molecule has 0 saturated carbocycles. The van der Waals surface area contributed by atoms with Crippen LogP contribution in [0, 0.1) is 0 Å². The van der Waals surface area contributed by atoms with Gasteiger partial charge < -0.3 is 4.74 Å². The molecule has 1 aromatic carbocycles. The topological polar surface area (TPSA) is 9.23 Å². The Morgan fingerprint density at radius 2 is 1.88 bits per heavy atom. The largest absolute Gasteiger partial charge is 0.494 e. The fraction of sp³-hybridized carbons (Fsp3) is 0.571.